The van der Waals surface area contributed by atoms with Crippen molar-refractivity contribution in [2.75, 3.05) is 6.54 Å². The number of amides is 2. The predicted octanol–water partition coefficient (Wildman–Crippen LogP) is 2.59. The topological polar surface area (TPSA) is 58.6 Å². The van der Waals surface area contributed by atoms with Crippen LogP contribution in [0.3, 0.4) is 0 Å². The minimum absolute atomic E-state index is 0.00350. The minimum Gasteiger partial charge on any atom is -0.338 e. The number of hydrogen-bond donors (Lipinski definition) is 1. The number of nitrogens with zero attached hydrogens (tertiary/aromatic N) is 1. The third-order valence-electron chi connectivity index (χ3n) is 4.33. The SMILES string of the molecule is Cc1ccc(CN2CC(C(=O)NOCc3ccccc3)CC2=O)cc1. The standard InChI is InChI=1S/C20H22N2O3/c1-15-7-9-16(10-8-15)12-22-13-18(11-19(22)23)20(24)21-25-14-17-5-3-2-4-6-17/h2-10,18H,11-14H2,1H3,(H,21,24). The van der Waals surface area contributed by atoms with Crippen LogP contribution in [0.1, 0.15) is 23.1 Å². The Kier molecular flexibility index (Phi) is 5.46. The molecule has 0 radical (unpaired) electrons. The van der Waals surface area contributed by atoms with Crippen LogP contribution < -0.4 is 5.48 Å². The normalized spacial score (nSPS) is 16.9. The number of nitrogens with one attached hydrogen (secondary N) is 1. The van der Waals surface area contributed by atoms with E-state index in [1.807, 2.05) is 61.5 Å². The maximum atomic E-state index is 12.2. The molecule has 0 bridgehead atoms. The maximum Gasteiger partial charge on any atom is 0.248 e. The van der Waals surface area contributed by atoms with Gasteiger partial charge in [-0.05, 0) is 18.1 Å². The zero-order valence-electron chi connectivity index (χ0n) is 14.3. The molecule has 130 valence electrons. The van der Waals surface area contributed by atoms with Crippen LogP contribution in [0, 0.1) is 12.8 Å². The summed E-state index contributed by atoms with van der Waals surface area (Å²) in [6.07, 6.45) is 0.229. The number of carbonyl (C=O) groups excluding carboxylic acids is 2. The summed E-state index contributed by atoms with van der Waals surface area (Å²) in [6.45, 7) is 3.29. The van der Waals surface area contributed by atoms with Crippen molar-refractivity contribution >= 4 is 11.8 Å². The van der Waals surface area contributed by atoms with Gasteiger partial charge >= 0.3 is 0 Å². The van der Waals surface area contributed by atoms with E-state index in [0.717, 1.165) is 11.1 Å². The summed E-state index contributed by atoms with van der Waals surface area (Å²) in [5, 5.41) is 0. The molecule has 2 aromatic carbocycles. The monoisotopic (exact) mass is 338 g/mol. The smallest absolute Gasteiger partial charge is 0.248 e. The fourth-order valence-electron chi connectivity index (χ4n) is 2.86. The van der Waals surface area contributed by atoms with Crippen molar-refractivity contribution in [2.45, 2.75) is 26.5 Å². The van der Waals surface area contributed by atoms with E-state index < -0.39 is 0 Å². The van der Waals surface area contributed by atoms with Gasteiger partial charge in [0.25, 0.3) is 0 Å². The maximum absolute atomic E-state index is 12.2. The summed E-state index contributed by atoms with van der Waals surface area (Å²) in [6, 6.07) is 17.7. The molecule has 0 aromatic heterocycles. The lowest BCUT2D eigenvalue weighted by Crippen LogP contribution is -2.32. The summed E-state index contributed by atoms with van der Waals surface area (Å²) in [5.41, 5.74) is 5.70. The molecule has 3 rings (SSSR count). The highest BCUT2D eigenvalue weighted by Crippen LogP contribution is 2.20. The Bertz CT molecular complexity index is 728. The van der Waals surface area contributed by atoms with Gasteiger partial charge in [-0.1, -0.05) is 60.2 Å². The molecule has 1 aliphatic heterocycles. The van der Waals surface area contributed by atoms with Gasteiger partial charge in [-0.15, -0.1) is 0 Å². The molecule has 25 heavy (non-hydrogen) atoms. The van der Waals surface area contributed by atoms with Crippen molar-refractivity contribution in [3.63, 3.8) is 0 Å². The van der Waals surface area contributed by atoms with Crippen molar-refractivity contribution < 1.29 is 14.4 Å². The molecule has 1 N–H and O–H groups in total. The van der Waals surface area contributed by atoms with Crippen molar-refractivity contribution in [2.24, 2.45) is 5.92 Å². The van der Waals surface area contributed by atoms with Gasteiger partial charge in [0.15, 0.2) is 0 Å². The highest BCUT2D eigenvalue weighted by atomic mass is 16.6. The van der Waals surface area contributed by atoms with Crippen LogP contribution in [0.2, 0.25) is 0 Å². The zero-order chi connectivity index (χ0) is 17.6. The lowest BCUT2D eigenvalue weighted by Gasteiger charge is -2.16. The largest absolute Gasteiger partial charge is 0.338 e. The molecule has 0 saturated carbocycles. The molecule has 5 nitrogen and oxygen atoms in total. The van der Waals surface area contributed by atoms with E-state index in [9.17, 15) is 9.59 Å². The second-order valence-corrected chi connectivity index (χ2v) is 6.40. The number of rotatable bonds is 6. The predicted molar refractivity (Wildman–Crippen MR) is 94.1 cm³/mol. The van der Waals surface area contributed by atoms with Crippen LogP contribution in [0.5, 0.6) is 0 Å². The van der Waals surface area contributed by atoms with Gasteiger partial charge in [0.1, 0.15) is 0 Å². The van der Waals surface area contributed by atoms with Gasteiger partial charge in [0.05, 0.1) is 12.5 Å². The highest BCUT2D eigenvalue weighted by molar-refractivity contribution is 5.88. The van der Waals surface area contributed by atoms with Crippen LogP contribution in [-0.4, -0.2) is 23.3 Å². The molecule has 1 heterocycles. The Hall–Kier alpha value is -2.66. The zero-order valence-corrected chi connectivity index (χ0v) is 14.3. The first-order valence-electron chi connectivity index (χ1n) is 8.40. The fraction of sp³-hybridized carbons (Fsp3) is 0.300. The van der Waals surface area contributed by atoms with Crippen molar-refractivity contribution in [1.29, 1.82) is 0 Å². The summed E-state index contributed by atoms with van der Waals surface area (Å²) in [4.78, 5) is 31.4. The quantitative estimate of drug-likeness (QED) is 0.824. The minimum atomic E-state index is -0.367. The number of aryl methyl sites for hydroxylation is 1. The van der Waals surface area contributed by atoms with E-state index >= 15 is 0 Å². The molecule has 5 heteroatoms. The summed E-state index contributed by atoms with van der Waals surface area (Å²) >= 11 is 0. The molecule has 0 aliphatic carbocycles. The van der Waals surface area contributed by atoms with Crippen LogP contribution in [0.15, 0.2) is 54.6 Å². The number of hydroxylamine groups is 1. The first-order chi connectivity index (χ1) is 12.1. The van der Waals surface area contributed by atoms with Crippen molar-refractivity contribution in [3.05, 3.63) is 71.3 Å². The number of carbonyl (C=O) groups is 2. The van der Waals surface area contributed by atoms with E-state index in [-0.39, 0.29) is 24.2 Å². The average molecular weight is 338 g/mol. The second kappa shape index (κ2) is 7.94. The van der Waals surface area contributed by atoms with E-state index in [2.05, 4.69) is 5.48 Å². The number of hydrogen-bond acceptors (Lipinski definition) is 3. The van der Waals surface area contributed by atoms with Gasteiger partial charge in [0.2, 0.25) is 11.8 Å². The molecule has 0 spiro atoms. The highest BCUT2D eigenvalue weighted by Gasteiger charge is 2.34. The van der Waals surface area contributed by atoms with Crippen LogP contribution in [0.4, 0.5) is 0 Å². The first-order valence-corrected chi connectivity index (χ1v) is 8.40. The summed E-state index contributed by atoms with van der Waals surface area (Å²) < 4.78 is 0. The second-order valence-electron chi connectivity index (χ2n) is 6.40. The third kappa shape index (κ3) is 4.67. The average Bonchev–Trinajstić information content (AvgIpc) is 2.99. The van der Waals surface area contributed by atoms with E-state index in [0.29, 0.717) is 19.7 Å². The molecular formula is C20H22N2O3. The van der Waals surface area contributed by atoms with E-state index in [1.165, 1.54) is 5.56 Å². The summed E-state index contributed by atoms with van der Waals surface area (Å²) in [7, 11) is 0. The van der Waals surface area contributed by atoms with Gasteiger partial charge in [0, 0.05) is 19.5 Å². The Morgan fingerprint density at radius 1 is 1.12 bits per heavy atom. The molecule has 1 atom stereocenters. The fourth-order valence-corrected chi connectivity index (χ4v) is 2.86. The van der Waals surface area contributed by atoms with E-state index in [4.69, 9.17) is 4.84 Å². The van der Waals surface area contributed by atoms with E-state index in [1.54, 1.807) is 4.90 Å². The molecule has 1 aliphatic rings. The third-order valence-corrected chi connectivity index (χ3v) is 4.33. The molecule has 2 aromatic rings. The number of likely N-dealkylation sites (tertiary alicyclic amines) is 1. The van der Waals surface area contributed by atoms with Crippen LogP contribution >= 0.6 is 0 Å². The Morgan fingerprint density at radius 2 is 1.84 bits per heavy atom. The van der Waals surface area contributed by atoms with Crippen LogP contribution in [-0.2, 0) is 27.6 Å². The molecule has 2 amide bonds. The lowest BCUT2D eigenvalue weighted by molar-refractivity contribution is -0.138. The Balaban J connectivity index is 1.47. The van der Waals surface area contributed by atoms with Crippen molar-refractivity contribution in [3.8, 4) is 0 Å². The Morgan fingerprint density at radius 3 is 2.56 bits per heavy atom. The molecule has 1 saturated heterocycles. The van der Waals surface area contributed by atoms with Crippen LogP contribution in [0.25, 0.3) is 0 Å². The van der Waals surface area contributed by atoms with Crippen molar-refractivity contribution in [1.82, 2.24) is 10.4 Å². The first kappa shape index (κ1) is 17.2. The van der Waals surface area contributed by atoms with Gasteiger partial charge in [-0.3, -0.25) is 14.4 Å². The number of benzene rings is 2. The molecular weight excluding hydrogens is 316 g/mol. The van der Waals surface area contributed by atoms with Gasteiger partial charge in [-0.25, -0.2) is 5.48 Å². The molecule has 1 fully saturated rings. The van der Waals surface area contributed by atoms with Gasteiger partial charge in [-0.2, -0.15) is 0 Å². The molecule has 1 unspecified atom stereocenters. The summed E-state index contributed by atoms with van der Waals surface area (Å²) in [5.74, 6) is -0.604. The Labute approximate surface area is 147 Å². The van der Waals surface area contributed by atoms with Gasteiger partial charge < -0.3 is 4.90 Å². The lowest BCUT2D eigenvalue weighted by atomic mass is 10.1.